The van der Waals surface area contributed by atoms with Crippen molar-refractivity contribution in [3.63, 3.8) is 0 Å². The maximum absolute atomic E-state index is 12.0. The minimum atomic E-state index is 0.0196. The molecule has 0 aromatic heterocycles. The van der Waals surface area contributed by atoms with Gasteiger partial charge in [-0.2, -0.15) is 0 Å². The molecule has 0 bridgehead atoms. The van der Waals surface area contributed by atoms with Crippen molar-refractivity contribution in [3.05, 3.63) is 35.9 Å². The summed E-state index contributed by atoms with van der Waals surface area (Å²) < 4.78 is 5.47. The molecule has 1 aromatic carbocycles. The van der Waals surface area contributed by atoms with Gasteiger partial charge in [0.05, 0.1) is 6.61 Å². The summed E-state index contributed by atoms with van der Waals surface area (Å²) in [6, 6.07) is 10.6. The topological polar surface area (TPSA) is 60.4 Å². The fourth-order valence-electron chi connectivity index (χ4n) is 3.49. The normalized spacial score (nSPS) is 21.0. The number of hydrogen-bond donors (Lipinski definition) is 1. The molecule has 0 saturated carbocycles. The summed E-state index contributed by atoms with van der Waals surface area (Å²) in [6.45, 7) is 7.46. The fraction of sp³-hybridized carbons (Fsp3) is 0.619. The van der Waals surface area contributed by atoms with Gasteiger partial charge in [0, 0.05) is 65.9 Å². The Morgan fingerprint density at radius 3 is 2.61 bits per heavy atom. The van der Waals surface area contributed by atoms with Crippen LogP contribution in [0.25, 0.3) is 0 Å². The number of rotatable bonds is 6. The van der Waals surface area contributed by atoms with Gasteiger partial charge < -0.3 is 19.9 Å². The molecule has 1 N–H and O–H groups in total. The standard InChI is InChI=1S/C21H33N5O2/c1-24(2)20(27)15-23-21(22-14-19-8-13-28-17-19)26-11-9-25(10-12-26)16-18-6-4-3-5-7-18/h3-7,19H,8-17H2,1-2H3,(H,22,23). The van der Waals surface area contributed by atoms with Crippen molar-refractivity contribution in [2.45, 2.75) is 13.0 Å². The van der Waals surface area contributed by atoms with E-state index in [0.29, 0.717) is 5.92 Å². The van der Waals surface area contributed by atoms with Crippen LogP contribution in [0.2, 0.25) is 0 Å². The number of aliphatic imine (C=N–C) groups is 1. The Kier molecular flexibility index (Phi) is 7.68. The van der Waals surface area contributed by atoms with E-state index >= 15 is 0 Å². The second-order valence-electron chi connectivity index (χ2n) is 7.79. The summed E-state index contributed by atoms with van der Waals surface area (Å²) in [6.07, 6.45) is 1.09. The number of guanidine groups is 1. The van der Waals surface area contributed by atoms with Crippen molar-refractivity contribution in [2.24, 2.45) is 10.9 Å². The SMILES string of the molecule is CN(C)C(=O)CN=C(NCC1CCOC1)N1CCN(Cc2ccccc2)CC1. The zero-order chi connectivity index (χ0) is 19.8. The van der Waals surface area contributed by atoms with Crippen molar-refractivity contribution in [1.29, 1.82) is 0 Å². The van der Waals surface area contributed by atoms with Crippen LogP contribution in [0.3, 0.4) is 0 Å². The highest BCUT2D eigenvalue weighted by molar-refractivity contribution is 5.85. The number of ether oxygens (including phenoxy) is 1. The summed E-state index contributed by atoms with van der Waals surface area (Å²) in [5, 5.41) is 3.50. The number of carbonyl (C=O) groups is 1. The third kappa shape index (κ3) is 6.21. The highest BCUT2D eigenvalue weighted by Crippen LogP contribution is 2.12. The molecular formula is C21H33N5O2. The lowest BCUT2D eigenvalue weighted by Gasteiger charge is -2.37. The predicted molar refractivity (Wildman–Crippen MR) is 111 cm³/mol. The molecule has 2 aliphatic heterocycles. The highest BCUT2D eigenvalue weighted by atomic mass is 16.5. The lowest BCUT2D eigenvalue weighted by Crippen LogP contribution is -2.53. The summed E-state index contributed by atoms with van der Waals surface area (Å²) in [5.74, 6) is 1.39. The van der Waals surface area contributed by atoms with E-state index in [9.17, 15) is 4.79 Å². The van der Waals surface area contributed by atoms with Crippen LogP contribution in [0.1, 0.15) is 12.0 Å². The average molecular weight is 388 g/mol. The quantitative estimate of drug-likeness (QED) is 0.580. The summed E-state index contributed by atoms with van der Waals surface area (Å²) in [7, 11) is 3.53. The summed E-state index contributed by atoms with van der Waals surface area (Å²) >= 11 is 0. The molecule has 2 heterocycles. The van der Waals surface area contributed by atoms with Crippen LogP contribution in [0.15, 0.2) is 35.3 Å². The zero-order valence-electron chi connectivity index (χ0n) is 17.1. The summed E-state index contributed by atoms with van der Waals surface area (Å²) in [4.78, 5) is 22.9. The molecule has 2 aliphatic rings. The Bertz CT molecular complexity index is 635. The van der Waals surface area contributed by atoms with Crippen molar-refractivity contribution in [2.75, 3.05) is 66.6 Å². The fourth-order valence-corrected chi connectivity index (χ4v) is 3.49. The van der Waals surface area contributed by atoms with E-state index in [1.807, 2.05) is 0 Å². The van der Waals surface area contributed by atoms with E-state index in [0.717, 1.165) is 64.9 Å². The van der Waals surface area contributed by atoms with E-state index in [1.165, 1.54) is 5.56 Å². The first-order chi connectivity index (χ1) is 13.6. The Hall–Kier alpha value is -2.12. The number of carbonyl (C=O) groups excluding carboxylic acids is 1. The van der Waals surface area contributed by atoms with Gasteiger partial charge in [0.1, 0.15) is 6.54 Å². The third-order valence-corrected chi connectivity index (χ3v) is 5.36. The zero-order valence-corrected chi connectivity index (χ0v) is 17.1. The molecule has 154 valence electrons. The molecule has 7 heteroatoms. The molecule has 0 radical (unpaired) electrons. The van der Waals surface area contributed by atoms with Gasteiger partial charge in [-0.05, 0) is 12.0 Å². The van der Waals surface area contributed by atoms with Crippen molar-refractivity contribution in [1.82, 2.24) is 20.0 Å². The number of amides is 1. The molecule has 28 heavy (non-hydrogen) atoms. The van der Waals surface area contributed by atoms with E-state index in [-0.39, 0.29) is 12.5 Å². The van der Waals surface area contributed by atoms with E-state index < -0.39 is 0 Å². The molecule has 1 atom stereocenters. The van der Waals surface area contributed by atoms with Gasteiger partial charge in [0.2, 0.25) is 5.91 Å². The minimum absolute atomic E-state index is 0.0196. The lowest BCUT2D eigenvalue weighted by molar-refractivity contribution is -0.127. The van der Waals surface area contributed by atoms with Gasteiger partial charge in [-0.25, -0.2) is 4.99 Å². The average Bonchev–Trinajstić information content (AvgIpc) is 3.23. The smallest absolute Gasteiger partial charge is 0.243 e. The molecule has 2 fully saturated rings. The van der Waals surface area contributed by atoms with Crippen molar-refractivity contribution in [3.8, 4) is 0 Å². The number of benzene rings is 1. The Balaban J connectivity index is 1.54. The molecule has 0 spiro atoms. The van der Waals surface area contributed by atoms with Crippen molar-refractivity contribution >= 4 is 11.9 Å². The number of hydrogen-bond acceptors (Lipinski definition) is 4. The maximum atomic E-state index is 12.0. The third-order valence-electron chi connectivity index (χ3n) is 5.36. The Morgan fingerprint density at radius 1 is 1.21 bits per heavy atom. The van der Waals surface area contributed by atoms with Crippen LogP contribution in [-0.2, 0) is 16.1 Å². The molecule has 3 rings (SSSR count). The van der Waals surface area contributed by atoms with Crippen LogP contribution >= 0.6 is 0 Å². The van der Waals surface area contributed by atoms with E-state index in [2.05, 4.69) is 50.4 Å². The van der Waals surface area contributed by atoms with Crippen LogP contribution in [0, 0.1) is 5.92 Å². The second kappa shape index (κ2) is 10.4. The lowest BCUT2D eigenvalue weighted by atomic mass is 10.1. The molecule has 0 aliphatic carbocycles. The number of piperazine rings is 1. The Morgan fingerprint density at radius 2 is 1.96 bits per heavy atom. The molecule has 1 amide bonds. The largest absolute Gasteiger partial charge is 0.381 e. The van der Waals surface area contributed by atoms with Gasteiger partial charge in [-0.15, -0.1) is 0 Å². The van der Waals surface area contributed by atoms with Crippen LogP contribution in [0.4, 0.5) is 0 Å². The molecule has 7 nitrogen and oxygen atoms in total. The van der Waals surface area contributed by atoms with Gasteiger partial charge in [0.25, 0.3) is 0 Å². The monoisotopic (exact) mass is 387 g/mol. The van der Waals surface area contributed by atoms with E-state index in [1.54, 1.807) is 19.0 Å². The maximum Gasteiger partial charge on any atom is 0.243 e. The predicted octanol–water partition coefficient (Wildman–Crippen LogP) is 0.875. The number of nitrogens with one attached hydrogen (secondary N) is 1. The molecule has 2 saturated heterocycles. The minimum Gasteiger partial charge on any atom is -0.381 e. The number of likely N-dealkylation sites (N-methyl/N-ethyl adjacent to an activating group) is 1. The van der Waals surface area contributed by atoms with E-state index in [4.69, 9.17) is 4.74 Å². The molecular weight excluding hydrogens is 354 g/mol. The Labute approximate surface area is 168 Å². The number of nitrogens with zero attached hydrogens (tertiary/aromatic N) is 4. The van der Waals surface area contributed by atoms with Crippen molar-refractivity contribution < 1.29 is 9.53 Å². The first-order valence-electron chi connectivity index (χ1n) is 10.2. The van der Waals surface area contributed by atoms with Gasteiger partial charge >= 0.3 is 0 Å². The first kappa shape index (κ1) is 20.6. The van der Waals surface area contributed by atoms with Crippen LogP contribution in [0.5, 0.6) is 0 Å². The van der Waals surface area contributed by atoms with Gasteiger partial charge in [0.15, 0.2) is 5.96 Å². The molecule has 1 aromatic rings. The van der Waals surface area contributed by atoms with Crippen LogP contribution in [-0.4, -0.2) is 93.1 Å². The second-order valence-corrected chi connectivity index (χ2v) is 7.79. The molecule has 1 unspecified atom stereocenters. The first-order valence-corrected chi connectivity index (χ1v) is 10.2. The highest BCUT2D eigenvalue weighted by Gasteiger charge is 2.22. The van der Waals surface area contributed by atoms with Gasteiger partial charge in [-0.3, -0.25) is 9.69 Å². The van der Waals surface area contributed by atoms with Gasteiger partial charge in [-0.1, -0.05) is 30.3 Å². The van der Waals surface area contributed by atoms with Crippen LogP contribution < -0.4 is 5.32 Å². The summed E-state index contributed by atoms with van der Waals surface area (Å²) in [5.41, 5.74) is 1.35.